The van der Waals surface area contributed by atoms with E-state index < -0.39 is 10.0 Å². The van der Waals surface area contributed by atoms with Crippen LogP contribution in [0.2, 0.25) is 0 Å². The van der Waals surface area contributed by atoms with E-state index in [1.54, 1.807) is 42.9 Å². The third-order valence-electron chi connectivity index (χ3n) is 5.75. The van der Waals surface area contributed by atoms with Gasteiger partial charge in [-0.3, -0.25) is 4.98 Å². The molecule has 0 spiro atoms. The molecule has 0 atom stereocenters. The van der Waals surface area contributed by atoms with Crippen LogP contribution in [0, 0.1) is 6.92 Å². The minimum atomic E-state index is -3.79. The molecule has 3 aromatic heterocycles. The van der Waals surface area contributed by atoms with Crippen molar-refractivity contribution in [2.45, 2.75) is 24.7 Å². The van der Waals surface area contributed by atoms with Gasteiger partial charge >= 0.3 is 0 Å². The summed E-state index contributed by atoms with van der Waals surface area (Å²) in [4.78, 5) is 9.17. The van der Waals surface area contributed by atoms with Gasteiger partial charge in [-0.1, -0.05) is 48.0 Å². The number of hydrogen-bond acceptors (Lipinski definition) is 4. The third-order valence-corrected chi connectivity index (χ3v) is 7.41. The molecule has 6 heteroatoms. The largest absolute Gasteiger partial charge is 0.269 e. The normalized spacial score (nSPS) is 11.7. The molecular formula is C27H23N3O2S. The van der Waals surface area contributed by atoms with Crippen LogP contribution in [0.1, 0.15) is 16.8 Å². The maximum Gasteiger partial charge on any atom is 0.269 e. The first-order chi connectivity index (χ1) is 16.0. The molecule has 0 aliphatic heterocycles. The molecule has 0 aliphatic carbocycles. The minimum Gasteiger partial charge on any atom is -0.261 e. The molecule has 0 radical (unpaired) electrons. The smallest absolute Gasteiger partial charge is 0.261 e. The lowest BCUT2D eigenvalue weighted by Gasteiger charge is -2.07. The zero-order valence-corrected chi connectivity index (χ0v) is 19.0. The first-order valence-corrected chi connectivity index (χ1v) is 12.2. The van der Waals surface area contributed by atoms with E-state index in [2.05, 4.69) is 22.1 Å². The second kappa shape index (κ2) is 8.64. The number of nitrogens with zero attached hydrogens (tertiary/aromatic N) is 3. The van der Waals surface area contributed by atoms with Gasteiger partial charge in [0, 0.05) is 35.2 Å². The van der Waals surface area contributed by atoms with Crippen molar-refractivity contribution in [1.82, 2.24) is 13.9 Å². The van der Waals surface area contributed by atoms with E-state index >= 15 is 0 Å². The average Bonchev–Trinajstić information content (AvgIpc) is 3.25. The molecule has 0 unspecified atom stereocenters. The lowest BCUT2D eigenvalue weighted by molar-refractivity contribution is 0.589. The van der Waals surface area contributed by atoms with E-state index in [0.717, 1.165) is 40.6 Å². The Balaban J connectivity index is 1.55. The number of benzene rings is 2. The van der Waals surface area contributed by atoms with Gasteiger partial charge in [0.05, 0.1) is 4.90 Å². The summed E-state index contributed by atoms with van der Waals surface area (Å²) in [5.74, 6) is 0. The fraction of sp³-hybridized carbons (Fsp3) is 0.111. The van der Waals surface area contributed by atoms with E-state index in [9.17, 15) is 8.42 Å². The Morgan fingerprint density at radius 2 is 1.61 bits per heavy atom. The van der Waals surface area contributed by atoms with E-state index in [0.29, 0.717) is 5.65 Å². The van der Waals surface area contributed by atoms with Crippen molar-refractivity contribution >= 4 is 21.1 Å². The quantitative estimate of drug-likeness (QED) is 0.344. The average molecular weight is 454 g/mol. The Kier molecular flexibility index (Phi) is 5.52. The van der Waals surface area contributed by atoms with Crippen LogP contribution in [0.15, 0.2) is 102 Å². The lowest BCUT2D eigenvalue weighted by atomic mass is 10.0. The molecule has 0 bridgehead atoms. The summed E-state index contributed by atoms with van der Waals surface area (Å²) in [6.45, 7) is 1.93. The van der Waals surface area contributed by atoms with Crippen LogP contribution < -0.4 is 0 Å². The number of rotatable bonds is 6. The van der Waals surface area contributed by atoms with Crippen LogP contribution in [0.5, 0.6) is 0 Å². The predicted octanol–water partition coefficient (Wildman–Crippen LogP) is 5.43. The van der Waals surface area contributed by atoms with Gasteiger partial charge < -0.3 is 0 Å². The molecule has 0 N–H and O–H groups in total. The van der Waals surface area contributed by atoms with Crippen molar-refractivity contribution in [2.24, 2.45) is 0 Å². The van der Waals surface area contributed by atoms with Crippen molar-refractivity contribution < 1.29 is 8.42 Å². The Bertz CT molecular complexity index is 1520. The summed E-state index contributed by atoms with van der Waals surface area (Å²) >= 11 is 0. The molecule has 5 aromatic rings. The number of pyridine rings is 2. The van der Waals surface area contributed by atoms with Gasteiger partial charge in [0.25, 0.3) is 10.0 Å². The Labute approximate surface area is 193 Å². The van der Waals surface area contributed by atoms with Crippen LogP contribution in [0.3, 0.4) is 0 Å². The molecular weight excluding hydrogens is 430 g/mol. The second-order valence-corrected chi connectivity index (χ2v) is 9.87. The van der Waals surface area contributed by atoms with Gasteiger partial charge in [-0.2, -0.15) is 0 Å². The summed E-state index contributed by atoms with van der Waals surface area (Å²) in [5, 5.41) is 0.786. The van der Waals surface area contributed by atoms with Crippen molar-refractivity contribution in [1.29, 1.82) is 0 Å². The van der Waals surface area contributed by atoms with Crippen LogP contribution in [-0.4, -0.2) is 22.4 Å². The first kappa shape index (κ1) is 21.1. The van der Waals surface area contributed by atoms with Crippen LogP contribution in [-0.2, 0) is 22.9 Å². The lowest BCUT2D eigenvalue weighted by Crippen LogP contribution is -2.12. The zero-order valence-electron chi connectivity index (χ0n) is 18.2. The van der Waals surface area contributed by atoms with Gasteiger partial charge in [-0.25, -0.2) is 17.4 Å². The van der Waals surface area contributed by atoms with Gasteiger partial charge in [0.1, 0.15) is 0 Å². The summed E-state index contributed by atoms with van der Waals surface area (Å²) in [6, 6.07) is 24.9. The summed E-state index contributed by atoms with van der Waals surface area (Å²) in [5.41, 5.74) is 5.37. The van der Waals surface area contributed by atoms with Crippen LogP contribution in [0.25, 0.3) is 22.2 Å². The van der Waals surface area contributed by atoms with Gasteiger partial charge in [0.15, 0.2) is 5.65 Å². The molecule has 3 heterocycles. The maximum absolute atomic E-state index is 13.4. The summed E-state index contributed by atoms with van der Waals surface area (Å²) in [6.07, 6.45) is 6.76. The molecule has 164 valence electrons. The Hall–Kier alpha value is -3.77. The molecule has 0 aliphatic rings. The SMILES string of the molecule is Cc1ccc(S(=O)(=O)n2cc(-c3ccnc(CCc4ccccc4)c3)c3cccnc32)cc1. The fourth-order valence-corrected chi connectivity index (χ4v) is 5.29. The standard InChI is InChI=1S/C27H23N3O2S/c1-20-9-13-24(14-10-20)33(31,32)30-19-26(25-8-5-16-29-27(25)30)22-15-17-28-23(18-22)12-11-21-6-3-2-4-7-21/h2-10,13-19H,11-12H2,1H3. The molecule has 0 saturated carbocycles. The maximum atomic E-state index is 13.4. The predicted molar refractivity (Wildman–Crippen MR) is 131 cm³/mol. The van der Waals surface area contributed by atoms with Gasteiger partial charge in [0.2, 0.25) is 0 Å². The zero-order chi connectivity index (χ0) is 22.8. The molecule has 5 nitrogen and oxygen atoms in total. The van der Waals surface area contributed by atoms with Crippen molar-refractivity contribution in [3.8, 4) is 11.1 Å². The highest BCUT2D eigenvalue weighted by Crippen LogP contribution is 2.32. The first-order valence-electron chi connectivity index (χ1n) is 10.8. The molecule has 0 amide bonds. The minimum absolute atomic E-state index is 0.237. The van der Waals surface area contributed by atoms with Crippen LogP contribution >= 0.6 is 0 Å². The van der Waals surface area contributed by atoms with Gasteiger partial charge in [-0.15, -0.1) is 0 Å². The van der Waals surface area contributed by atoms with E-state index in [-0.39, 0.29) is 4.90 Å². The molecule has 2 aromatic carbocycles. The third kappa shape index (κ3) is 4.17. The monoisotopic (exact) mass is 453 g/mol. The highest BCUT2D eigenvalue weighted by Gasteiger charge is 2.22. The van der Waals surface area contributed by atoms with E-state index in [1.165, 1.54) is 9.54 Å². The summed E-state index contributed by atoms with van der Waals surface area (Å²) in [7, 11) is -3.79. The van der Waals surface area contributed by atoms with Crippen molar-refractivity contribution in [3.05, 3.63) is 114 Å². The molecule has 5 rings (SSSR count). The van der Waals surface area contributed by atoms with Gasteiger partial charge in [-0.05, 0) is 67.3 Å². The fourth-order valence-electron chi connectivity index (χ4n) is 3.97. The molecule has 0 saturated heterocycles. The summed E-state index contributed by atoms with van der Waals surface area (Å²) < 4.78 is 28.2. The Morgan fingerprint density at radius 1 is 0.818 bits per heavy atom. The van der Waals surface area contributed by atoms with Crippen molar-refractivity contribution in [2.75, 3.05) is 0 Å². The van der Waals surface area contributed by atoms with E-state index in [1.807, 2.05) is 49.4 Å². The number of aryl methyl sites for hydroxylation is 3. The topological polar surface area (TPSA) is 64.8 Å². The van der Waals surface area contributed by atoms with E-state index in [4.69, 9.17) is 0 Å². The molecule has 33 heavy (non-hydrogen) atoms. The second-order valence-electron chi connectivity index (χ2n) is 8.05. The number of aromatic nitrogens is 3. The highest BCUT2D eigenvalue weighted by molar-refractivity contribution is 7.90. The van der Waals surface area contributed by atoms with Crippen molar-refractivity contribution in [3.63, 3.8) is 0 Å². The van der Waals surface area contributed by atoms with Crippen LogP contribution in [0.4, 0.5) is 0 Å². The molecule has 0 fully saturated rings. The highest BCUT2D eigenvalue weighted by atomic mass is 32.2. The number of fused-ring (bicyclic) bond motifs is 1. The Morgan fingerprint density at radius 3 is 2.39 bits per heavy atom. The number of hydrogen-bond donors (Lipinski definition) is 0.